The van der Waals surface area contributed by atoms with Crippen molar-refractivity contribution in [2.75, 3.05) is 18.1 Å². The molecule has 1 aromatic heterocycles. The molecule has 0 radical (unpaired) electrons. The number of anilines is 1. The van der Waals surface area contributed by atoms with Crippen molar-refractivity contribution >= 4 is 23.5 Å². The number of phenols is 1. The molecule has 2 aromatic rings. The number of aliphatic hydroxyl groups is 1. The maximum absolute atomic E-state index is 11.4. The van der Waals surface area contributed by atoms with Crippen LogP contribution in [0.25, 0.3) is 0 Å². The third-order valence-electron chi connectivity index (χ3n) is 3.18. The van der Waals surface area contributed by atoms with E-state index in [1.165, 1.54) is 28.5 Å². The number of rotatable bonds is 3. The molecule has 2 heterocycles. The van der Waals surface area contributed by atoms with Gasteiger partial charge in [-0.1, -0.05) is 12.1 Å². The predicted octanol–water partition coefficient (Wildman–Crippen LogP) is -0.328. The summed E-state index contributed by atoms with van der Waals surface area (Å²) < 4.78 is 6.79. The molecule has 0 amide bonds. The number of aromatic carboxylic acids is 1. The first-order valence-electron chi connectivity index (χ1n) is 7.16. The van der Waals surface area contributed by atoms with Crippen LogP contribution in [0.15, 0.2) is 41.3 Å². The summed E-state index contributed by atoms with van der Waals surface area (Å²) in [6.07, 6.45) is 1.18. The molecule has 1 aliphatic rings. The second kappa shape index (κ2) is 9.77. The third-order valence-corrected chi connectivity index (χ3v) is 4.29. The monoisotopic (exact) mass is 385 g/mol. The lowest BCUT2D eigenvalue weighted by atomic mass is 10.2. The molecule has 0 bridgehead atoms. The zero-order valence-corrected chi connectivity index (χ0v) is 14.3. The number of para-hydroxylation sites is 1. The molecule has 1 fully saturated rings. The highest BCUT2D eigenvalue weighted by Crippen LogP contribution is 2.30. The molecule has 142 valence electrons. The largest absolute Gasteiger partial charge is 0.507 e. The van der Waals surface area contributed by atoms with Gasteiger partial charge < -0.3 is 31.3 Å². The van der Waals surface area contributed by atoms with Crippen molar-refractivity contribution in [3.63, 3.8) is 0 Å². The molecule has 2 atom stereocenters. The third kappa shape index (κ3) is 5.46. The minimum atomic E-state index is -1.11. The number of aromatic nitrogens is 2. The van der Waals surface area contributed by atoms with Gasteiger partial charge in [0, 0.05) is 11.9 Å². The lowest BCUT2D eigenvalue weighted by molar-refractivity contribution is -0.00629. The molecule has 11 heteroatoms. The highest BCUT2D eigenvalue weighted by molar-refractivity contribution is 8.00. The van der Waals surface area contributed by atoms with Crippen molar-refractivity contribution in [1.29, 1.82) is 0 Å². The number of nitrogens with zero attached hydrogens (tertiary/aromatic N) is 2. The standard InChI is InChI=1S/C8H11N3O3S.C7H6O3.H2O/c9-5-1-2-11(8(13)10-5)6-4-15-7(3-12)14-6;8-6-4-2-1-3-5(6)7(9)10;/h1-2,6-7,12H,3-4H2,(H2,9,10,13);1-4,8H,(H,9,10);1H2/t6-,7+;;/m1../s1. The summed E-state index contributed by atoms with van der Waals surface area (Å²) in [6, 6.07) is 7.35. The van der Waals surface area contributed by atoms with E-state index in [1.807, 2.05) is 0 Å². The van der Waals surface area contributed by atoms with Gasteiger partial charge in [0.25, 0.3) is 0 Å². The lowest BCUT2D eigenvalue weighted by Crippen LogP contribution is -2.28. The van der Waals surface area contributed by atoms with Crippen LogP contribution in [0, 0.1) is 0 Å². The first kappa shape index (κ1) is 21.4. The van der Waals surface area contributed by atoms with E-state index >= 15 is 0 Å². The molecular weight excluding hydrogens is 366 g/mol. The number of ether oxygens (including phenoxy) is 1. The van der Waals surface area contributed by atoms with Gasteiger partial charge in [0.15, 0.2) is 0 Å². The molecule has 1 saturated heterocycles. The van der Waals surface area contributed by atoms with Gasteiger partial charge in [-0.3, -0.25) is 4.57 Å². The summed E-state index contributed by atoms with van der Waals surface area (Å²) in [5, 5.41) is 26.2. The van der Waals surface area contributed by atoms with E-state index in [1.54, 1.807) is 24.4 Å². The number of nitrogens with two attached hydrogens (primary N) is 1. The van der Waals surface area contributed by atoms with Crippen molar-refractivity contribution in [3.05, 3.63) is 52.6 Å². The van der Waals surface area contributed by atoms with Gasteiger partial charge in [0.1, 0.15) is 28.8 Å². The Balaban J connectivity index is 0.000000270. The predicted molar refractivity (Wildman–Crippen MR) is 95.0 cm³/mol. The van der Waals surface area contributed by atoms with Gasteiger partial charge in [-0.15, -0.1) is 11.8 Å². The summed E-state index contributed by atoms with van der Waals surface area (Å²) in [5.74, 6) is -0.495. The summed E-state index contributed by atoms with van der Waals surface area (Å²) >= 11 is 1.47. The second-order valence-electron chi connectivity index (χ2n) is 4.90. The Morgan fingerprint density at radius 3 is 2.58 bits per heavy atom. The van der Waals surface area contributed by atoms with Gasteiger partial charge >= 0.3 is 11.7 Å². The topological polar surface area (TPSA) is 179 Å². The van der Waals surface area contributed by atoms with Crippen LogP contribution in [0.1, 0.15) is 16.6 Å². The first-order valence-corrected chi connectivity index (χ1v) is 8.21. The Hall–Kier alpha value is -2.60. The zero-order valence-electron chi connectivity index (χ0n) is 13.5. The van der Waals surface area contributed by atoms with Gasteiger partial charge in [-0.05, 0) is 18.2 Å². The van der Waals surface area contributed by atoms with Crippen LogP contribution in [-0.2, 0) is 4.74 Å². The van der Waals surface area contributed by atoms with Crippen LogP contribution in [-0.4, -0.2) is 54.1 Å². The maximum Gasteiger partial charge on any atom is 0.351 e. The van der Waals surface area contributed by atoms with Gasteiger partial charge in [-0.2, -0.15) is 4.98 Å². The number of carboxylic acids is 1. The minimum absolute atomic E-state index is 0. The van der Waals surface area contributed by atoms with Crippen LogP contribution in [0.4, 0.5) is 5.82 Å². The number of hydrogen-bond donors (Lipinski definition) is 4. The van der Waals surface area contributed by atoms with Gasteiger partial charge in [-0.25, -0.2) is 9.59 Å². The average Bonchev–Trinajstić information content (AvgIpc) is 3.04. The normalized spacial score (nSPS) is 18.3. The second-order valence-corrected chi connectivity index (χ2v) is 6.09. The molecule has 0 unspecified atom stereocenters. The maximum atomic E-state index is 11.4. The van der Waals surface area contributed by atoms with Crippen molar-refractivity contribution in [3.8, 4) is 5.75 Å². The number of carboxylic acid groups (broad SMARTS) is 1. The smallest absolute Gasteiger partial charge is 0.351 e. The molecule has 26 heavy (non-hydrogen) atoms. The lowest BCUT2D eigenvalue weighted by Gasteiger charge is -2.13. The molecular formula is C15H19N3O7S. The fourth-order valence-electron chi connectivity index (χ4n) is 1.98. The quantitative estimate of drug-likeness (QED) is 0.550. The highest BCUT2D eigenvalue weighted by atomic mass is 32.2. The summed E-state index contributed by atoms with van der Waals surface area (Å²) in [7, 11) is 0. The molecule has 0 spiro atoms. The van der Waals surface area contributed by atoms with Crippen molar-refractivity contribution in [2.24, 2.45) is 0 Å². The highest BCUT2D eigenvalue weighted by Gasteiger charge is 2.27. The van der Waals surface area contributed by atoms with Crippen molar-refractivity contribution in [2.45, 2.75) is 11.7 Å². The number of carbonyl (C=O) groups is 1. The fraction of sp³-hybridized carbons (Fsp3) is 0.267. The Morgan fingerprint density at radius 2 is 2.08 bits per heavy atom. The Labute approximate surface area is 152 Å². The van der Waals surface area contributed by atoms with Crippen molar-refractivity contribution in [1.82, 2.24) is 9.55 Å². The van der Waals surface area contributed by atoms with Crippen LogP contribution in [0.2, 0.25) is 0 Å². The van der Waals surface area contributed by atoms with Gasteiger partial charge in [0.05, 0.1) is 6.61 Å². The Morgan fingerprint density at radius 1 is 1.38 bits per heavy atom. The SMILES string of the molecule is Nc1ccn([C@H]2CS[C@@H](CO)O2)c(=O)n1.O.O=C(O)c1ccccc1O. The average molecular weight is 385 g/mol. The van der Waals surface area contributed by atoms with E-state index in [0.717, 1.165) is 0 Å². The van der Waals surface area contributed by atoms with E-state index in [2.05, 4.69) is 4.98 Å². The first-order chi connectivity index (χ1) is 11.9. The van der Waals surface area contributed by atoms with Crippen LogP contribution in [0.5, 0.6) is 5.75 Å². The molecule has 3 rings (SSSR count). The van der Waals surface area contributed by atoms with E-state index in [4.69, 9.17) is 25.8 Å². The summed E-state index contributed by atoms with van der Waals surface area (Å²) in [6.45, 7) is -0.0572. The van der Waals surface area contributed by atoms with Gasteiger partial charge in [0.2, 0.25) is 0 Å². The fourth-order valence-corrected chi connectivity index (χ4v) is 2.92. The van der Waals surface area contributed by atoms with Crippen molar-refractivity contribution < 1.29 is 30.3 Å². The number of hydrogen-bond acceptors (Lipinski definition) is 8. The minimum Gasteiger partial charge on any atom is -0.507 e. The summed E-state index contributed by atoms with van der Waals surface area (Å²) in [5.41, 5.74) is 4.61. The summed E-state index contributed by atoms with van der Waals surface area (Å²) in [4.78, 5) is 25.3. The molecule has 0 aliphatic carbocycles. The number of aliphatic hydroxyl groups excluding tert-OH is 1. The Bertz CT molecular complexity index is 799. The van der Waals surface area contributed by atoms with E-state index in [9.17, 15) is 9.59 Å². The van der Waals surface area contributed by atoms with Crippen LogP contribution in [0.3, 0.4) is 0 Å². The molecule has 1 aromatic carbocycles. The Kier molecular flexibility index (Phi) is 8.06. The zero-order chi connectivity index (χ0) is 18.4. The van der Waals surface area contributed by atoms with E-state index in [-0.39, 0.29) is 40.9 Å². The van der Waals surface area contributed by atoms with E-state index in [0.29, 0.717) is 5.75 Å². The molecule has 0 saturated carbocycles. The number of nitrogen functional groups attached to an aromatic ring is 1. The number of benzene rings is 1. The molecule has 7 N–H and O–H groups in total. The molecule has 10 nitrogen and oxygen atoms in total. The number of thioether (sulfide) groups is 1. The van der Waals surface area contributed by atoms with E-state index < -0.39 is 11.7 Å². The van der Waals surface area contributed by atoms with Crippen LogP contribution >= 0.6 is 11.8 Å². The van der Waals surface area contributed by atoms with Crippen LogP contribution < -0.4 is 11.4 Å². The number of aromatic hydroxyl groups is 1. The molecule has 1 aliphatic heterocycles.